The predicted octanol–water partition coefficient (Wildman–Crippen LogP) is 0.905. The summed E-state index contributed by atoms with van der Waals surface area (Å²) in [4.78, 5) is 65.1. The van der Waals surface area contributed by atoms with Crippen molar-refractivity contribution in [2.45, 2.75) is 101 Å². The number of amides is 4. The minimum Gasteiger partial charge on any atom is -0.375 e. The number of epoxide rings is 1. The summed E-state index contributed by atoms with van der Waals surface area (Å²) in [5, 5.41) is 14.6. The van der Waals surface area contributed by atoms with Crippen molar-refractivity contribution in [2.24, 2.45) is 5.92 Å². The molecule has 5 atom stereocenters. The fraction of sp³-hybridized carbons (Fsp3) is 0.656. The van der Waals surface area contributed by atoms with Gasteiger partial charge in [0, 0.05) is 31.6 Å². The third kappa shape index (κ3) is 8.42. The van der Waals surface area contributed by atoms with E-state index in [1.54, 1.807) is 19.9 Å². The fourth-order valence-electron chi connectivity index (χ4n) is 6.33. The molecule has 12 heteroatoms. The molecule has 0 aromatic heterocycles. The average Bonchev–Trinajstić information content (AvgIpc) is 3.54. The molecular formula is C32H45N5O7. The highest BCUT2D eigenvalue weighted by atomic mass is 16.6. The van der Waals surface area contributed by atoms with Crippen LogP contribution in [0.1, 0.15) is 69.9 Å². The van der Waals surface area contributed by atoms with Crippen LogP contribution < -0.4 is 26.6 Å². The Kier molecular flexibility index (Phi) is 10.3. The lowest BCUT2D eigenvalue weighted by Gasteiger charge is -2.27. The summed E-state index contributed by atoms with van der Waals surface area (Å²) in [6.07, 6.45) is 5.76. The van der Waals surface area contributed by atoms with Crippen molar-refractivity contribution in [2.75, 3.05) is 31.6 Å². The molecule has 0 spiro atoms. The van der Waals surface area contributed by atoms with Gasteiger partial charge in [0.15, 0.2) is 5.78 Å². The van der Waals surface area contributed by atoms with Gasteiger partial charge in [-0.05, 0) is 49.8 Å². The van der Waals surface area contributed by atoms with Crippen LogP contribution in [0.2, 0.25) is 0 Å². The number of carbonyl (C=O) groups excluding carboxylic acids is 5. The number of benzene rings is 1. The van der Waals surface area contributed by atoms with Gasteiger partial charge in [0.25, 0.3) is 0 Å². The first-order valence-corrected chi connectivity index (χ1v) is 15.9. The van der Waals surface area contributed by atoms with Crippen molar-refractivity contribution in [3.05, 3.63) is 29.3 Å². The van der Waals surface area contributed by atoms with Gasteiger partial charge < -0.3 is 36.1 Å². The molecule has 4 amide bonds. The van der Waals surface area contributed by atoms with Crippen LogP contribution in [-0.2, 0) is 46.3 Å². The molecule has 3 heterocycles. The van der Waals surface area contributed by atoms with Crippen molar-refractivity contribution in [1.82, 2.24) is 21.3 Å². The van der Waals surface area contributed by atoms with E-state index in [0.717, 1.165) is 49.0 Å². The van der Waals surface area contributed by atoms with Gasteiger partial charge >= 0.3 is 0 Å². The molecule has 3 aliphatic heterocycles. The number of rotatable bonds is 13. The highest BCUT2D eigenvalue weighted by molar-refractivity contribution is 5.98. The molecule has 0 bridgehead atoms. The zero-order chi connectivity index (χ0) is 31.3. The lowest BCUT2D eigenvalue weighted by Crippen LogP contribution is -2.57. The van der Waals surface area contributed by atoms with E-state index in [1.165, 1.54) is 0 Å². The number of carbonyl (C=O) groups is 5. The van der Waals surface area contributed by atoms with E-state index in [1.807, 2.05) is 12.1 Å². The van der Waals surface area contributed by atoms with E-state index in [-0.39, 0.29) is 36.5 Å². The van der Waals surface area contributed by atoms with Crippen molar-refractivity contribution < 1.29 is 33.4 Å². The van der Waals surface area contributed by atoms with Gasteiger partial charge in [0.2, 0.25) is 23.6 Å². The van der Waals surface area contributed by atoms with E-state index >= 15 is 0 Å². The maximum absolute atomic E-state index is 13.9. The van der Waals surface area contributed by atoms with Crippen LogP contribution in [0.15, 0.2) is 18.2 Å². The number of anilines is 1. The van der Waals surface area contributed by atoms with Gasteiger partial charge in [-0.1, -0.05) is 37.8 Å². The Labute approximate surface area is 258 Å². The largest absolute Gasteiger partial charge is 0.375 e. The Morgan fingerprint density at radius 3 is 2.50 bits per heavy atom. The van der Waals surface area contributed by atoms with Gasteiger partial charge in [0.05, 0.1) is 31.8 Å². The van der Waals surface area contributed by atoms with Crippen LogP contribution in [0, 0.1) is 5.92 Å². The van der Waals surface area contributed by atoms with Crippen molar-refractivity contribution >= 4 is 35.1 Å². The molecular weight excluding hydrogens is 566 g/mol. The number of nitrogens with one attached hydrogen (secondary N) is 5. The minimum atomic E-state index is -1.00. The second-order valence-corrected chi connectivity index (χ2v) is 12.8. The monoisotopic (exact) mass is 611 g/mol. The van der Waals surface area contributed by atoms with Crippen LogP contribution in [0.5, 0.6) is 0 Å². The predicted molar refractivity (Wildman–Crippen MR) is 162 cm³/mol. The van der Waals surface area contributed by atoms with Crippen molar-refractivity contribution in [3.63, 3.8) is 0 Å². The molecule has 5 N–H and O–H groups in total. The normalized spacial score (nSPS) is 25.1. The number of Topliss-reactive ketones (excluding diaryl/α,β-unsaturated/α-hetero) is 1. The standard InChI is InChI=1S/C32H45N5O7/c1-19(34-28(39)16-23-17-33-11-12-43-23)30(41)37-26(15-21-7-9-24-22(13-21)8-10-27(38)35-24)31(42)36-25(14-20-5-3-4-6-20)29(40)32(2)18-44-32/h7,9,13,19-20,23,25-26,33H,3-6,8,10-12,14-18H2,1-2H3,(H,34,39)(H,35,38)(H,36,42)(H,37,41)/t19-,23?,25-,26-,32+/m0/s1. The van der Waals surface area contributed by atoms with Crippen LogP contribution in [0.4, 0.5) is 5.69 Å². The molecule has 44 heavy (non-hydrogen) atoms. The first kappa shape index (κ1) is 32.1. The number of hydrogen-bond acceptors (Lipinski definition) is 8. The van der Waals surface area contributed by atoms with Crippen LogP contribution in [-0.4, -0.2) is 85.5 Å². The summed E-state index contributed by atoms with van der Waals surface area (Å²) in [6.45, 7) is 5.46. The smallest absolute Gasteiger partial charge is 0.243 e. The van der Waals surface area contributed by atoms with E-state index < -0.39 is 35.5 Å². The molecule has 2 saturated heterocycles. The van der Waals surface area contributed by atoms with Gasteiger partial charge in [0.1, 0.15) is 17.7 Å². The Hall–Kier alpha value is -3.35. The van der Waals surface area contributed by atoms with Crippen LogP contribution >= 0.6 is 0 Å². The summed E-state index contributed by atoms with van der Waals surface area (Å²) in [5.41, 5.74) is 1.61. The lowest BCUT2D eigenvalue weighted by molar-refractivity contribution is -0.134. The molecule has 1 aliphatic carbocycles. The quantitative estimate of drug-likeness (QED) is 0.205. The second kappa shape index (κ2) is 14.2. The van der Waals surface area contributed by atoms with Gasteiger partial charge in [-0.3, -0.25) is 24.0 Å². The summed E-state index contributed by atoms with van der Waals surface area (Å²) in [5.74, 6) is -1.14. The summed E-state index contributed by atoms with van der Waals surface area (Å²) in [6, 6.07) is 2.93. The highest BCUT2D eigenvalue weighted by Gasteiger charge is 2.50. The molecule has 12 nitrogen and oxygen atoms in total. The first-order valence-electron chi connectivity index (χ1n) is 15.9. The van der Waals surface area contributed by atoms with E-state index in [2.05, 4.69) is 26.6 Å². The first-order chi connectivity index (χ1) is 21.1. The molecule has 1 unspecified atom stereocenters. The number of ketones is 1. The number of morpholine rings is 1. The SMILES string of the molecule is C[C@H](NC(=O)CC1CNCCO1)C(=O)N[C@@H](Cc1ccc2c(c1)CCC(=O)N2)C(=O)N[C@@H](CC1CCCC1)C(=O)[C@@]1(C)CO1. The molecule has 5 rings (SSSR count). The lowest BCUT2D eigenvalue weighted by atomic mass is 9.90. The van der Waals surface area contributed by atoms with E-state index in [4.69, 9.17) is 9.47 Å². The average molecular weight is 612 g/mol. The van der Waals surface area contributed by atoms with Crippen LogP contribution in [0.25, 0.3) is 0 Å². The molecule has 0 radical (unpaired) electrons. The molecule has 3 fully saturated rings. The fourth-order valence-corrected chi connectivity index (χ4v) is 6.33. The van der Waals surface area contributed by atoms with Gasteiger partial charge in [-0.15, -0.1) is 0 Å². The molecule has 4 aliphatic rings. The topological polar surface area (TPSA) is 167 Å². The second-order valence-electron chi connectivity index (χ2n) is 12.8. The maximum Gasteiger partial charge on any atom is 0.243 e. The van der Waals surface area contributed by atoms with Gasteiger partial charge in [-0.2, -0.15) is 0 Å². The van der Waals surface area contributed by atoms with E-state index in [9.17, 15) is 24.0 Å². The third-order valence-electron chi connectivity index (χ3n) is 9.10. The van der Waals surface area contributed by atoms with Crippen molar-refractivity contribution in [1.29, 1.82) is 0 Å². The number of fused-ring (bicyclic) bond motifs is 1. The Bertz CT molecular complexity index is 1250. The zero-order valence-electron chi connectivity index (χ0n) is 25.7. The summed E-state index contributed by atoms with van der Waals surface area (Å²) >= 11 is 0. The zero-order valence-corrected chi connectivity index (χ0v) is 25.7. The third-order valence-corrected chi connectivity index (χ3v) is 9.10. The van der Waals surface area contributed by atoms with E-state index in [0.29, 0.717) is 44.9 Å². The van der Waals surface area contributed by atoms with Crippen LogP contribution in [0.3, 0.4) is 0 Å². The molecule has 1 aromatic carbocycles. The summed E-state index contributed by atoms with van der Waals surface area (Å²) in [7, 11) is 0. The number of ether oxygens (including phenoxy) is 2. The molecule has 1 aromatic rings. The highest BCUT2D eigenvalue weighted by Crippen LogP contribution is 2.33. The number of aryl methyl sites for hydroxylation is 1. The minimum absolute atomic E-state index is 0.0385. The summed E-state index contributed by atoms with van der Waals surface area (Å²) < 4.78 is 11.0. The Balaban J connectivity index is 1.29. The maximum atomic E-state index is 13.9. The van der Waals surface area contributed by atoms with Gasteiger partial charge in [-0.25, -0.2) is 0 Å². The van der Waals surface area contributed by atoms with Crippen molar-refractivity contribution in [3.8, 4) is 0 Å². The Morgan fingerprint density at radius 2 is 1.80 bits per heavy atom. The number of hydrogen-bond donors (Lipinski definition) is 5. The molecule has 1 saturated carbocycles. The Morgan fingerprint density at radius 1 is 1.05 bits per heavy atom. The molecule has 240 valence electrons.